The smallest absolute Gasteiger partial charge is 0.274 e. The molecule has 0 saturated heterocycles. The lowest BCUT2D eigenvalue weighted by molar-refractivity contribution is 0.100. The molecule has 0 fully saturated rings. The Morgan fingerprint density at radius 1 is 1.06 bits per heavy atom. The minimum absolute atomic E-state index is 0.0218. The number of pyridine rings is 1. The number of nitrogens with zero attached hydrogens (tertiary/aromatic N) is 3. The molecule has 168 valence electrons. The number of amides is 2. The third-order valence-corrected chi connectivity index (χ3v) is 5.24. The van der Waals surface area contributed by atoms with E-state index in [2.05, 4.69) is 15.4 Å². The van der Waals surface area contributed by atoms with Gasteiger partial charge < -0.3 is 11.1 Å². The van der Waals surface area contributed by atoms with Crippen molar-refractivity contribution >= 4 is 28.4 Å². The molecule has 10 heteroatoms. The minimum Gasteiger partial charge on any atom is -0.366 e. The normalized spacial score (nSPS) is 11.1. The second-order valence-corrected chi connectivity index (χ2v) is 7.45. The van der Waals surface area contributed by atoms with Crippen molar-refractivity contribution in [3.63, 3.8) is 0 Å². The molecule has 0 spiro atoms. The fourth-order valence-electron chi connectivity index (χ4n) is 3.57. The quantitative estimate of drug-likeness (QED) is 0.479. The summed E-state index contributed by atoms with van der Waals surface area (Å²) in [5.74, 6) is -3.64. The van der Waals surface area contributed by atoms with Gasteiger partial charge in [-0.05, 0) is 38.1 Å². The Balaban J connectivity index is 1.67. The van der Waals surface area contributed by atoms with Gasteiger partial charge in [0.1, 0.15) is 23.1 Å². The molecular weight excluding hydrogens is 435 g/mol. The number of aromatic nitrogens is 3. The molecule has 0 bridgehead atoms. The van der Waals surface area contributed by atoms with Gasteiger partial charge in [0.05, 0.1) is 34.7 Å². The summed E-state index contributed by atoms with van der Waals surface area (Å²) in [5, 5.41) is 6.94. The number of nitrogens with one attached hydrogen (secondary N) is 1. The molecule has 4 aromatic rings. The van der Waals surface area contributed by atoms with Gasteiger partial charge in [0.2, 0.25) is 5.91 Å². The van der Waals surface area contributed by atoms with Gasteiger partial charge >= 0.3 is 0 Å². The average molecular weight is 453 g/mol. The third-order valence-electron chi connectivity index (χ3n) is 5.24. The number of hydrogen-bond acceptors (Lipinski definition) is 4. The van der Waals surface area contributed by atoms with Crippen LogP contribution in [0.15, 0.2) is 42.5 Å². The molecule has 0 unspecified atom stereocenters. The van der Waals surface area contributed by atoms with Crippen LogP contribution in [0.1, 0.15) is 37.8 Å². The summed E-state index contributed by atoms with van der Waals surface area (Å²) in [4.78, 5) is 28.9. The number of anilines is 1. The van der Waals surface area contributed by atoms with E-state index in [0.717, 1.165) is 18.2 Å². The molecule has 4 rings (SSSR count). The predicted molar refractivity (Wildman–Crippen MR) is 115 cm³/mol. The second-order valence-electron chi connectivity index (χ2n) is 7.45. The Kier molecular flexibility index (Phi) is 5.59. The Labute approximate surface area is 186 Å². The second kappa shape index (κ2) is 8.38. The summed E-state index contributed by atoms with van der Waals surface area (Å²) in [7, 11) is 0. The molecule has 0 radical (unpaired) electrons. The van der Waals surface area contributed by atoms with Crippen molar-refractivity contribution in [3.05, 3.63) is 88.1 Å². The van der Waals surface area contributed by atoms with Crippen molar-refractivity contribution in [3.8, 4) is 0 Å². The van der Waals surface area contributed by atoms with E-state index in [1.165, 1.54) is 28.9 Å². The lowest BCUT2D eigenvalue weighted by atomic mass is 10.1. The molecule has 2 heterocycles. The molecule has 7 nitrogen and oxygen atoms in total. The Morgan fingerprint density at radius 2 is 1.82 bits per heavy atom. The van der Waals surface area contributed by atoms with E-state index >= 15 is 0 Å². The Bertz CT molecular complexity index is 1430. The van der Waals surface area contributed by atoms with Gasteiger partial charge in [-0.2, -0.15) is 5.10 Å². The van der Waals surface area contributed by atoms with Gasteiger partial charge in [0, 0.05) is 17.0 Å². The highest BCUT2D eigenvalue weighted by molar-refractivity contribution is 6.10. The zero-order valence-electron chi connectivity index (χ0n) is 17.6. The highest BCUT2D eigenvalue weighted by atomic mass is 19.1. The summed E-state index contributed by atoms with van der Waals surface area (Å²) in [6.45, 7) is 3.35. The highest BCUT2D eigenvalue weighted by Gasteiger charge is 2.20. The van der Waals surface area contributed by atoms with Gasteiger partial charge in [0.25, 0.3) is 5.91 Å². The van der Waals surface area contributed by atoms with E-state index in [0.29, 0.717) is 17.1 Å². The molecule has 0 aliphatic rings. The van der Waals surface area contributed by atoms with E-state index in [-0.39, 0.29) is 34.3 Å². The average Bonchev–Trinajstić information content (AvgIpc) is 3.02. The lowest BCUT2D eigenvalue weighted by Crippen LogP contribution is -2.18. The number of aryl methyl sites for hydroxylation is 1. The van der Waals surface area contributed by atoms with Crippen LogP contribution in [0.5, 0.6) is 0 Å². The van der Waals surface area contributed by atoms with Crippen LogP contribution in [-0.2, 0) is 6.54 Å². The van der Waals surface area contributed by atoms with Crippen molar-refractivity contribution < 1.29 is 22.8 Å². The van der Waals surface area contributed by atoms with Crippen molar-refractivity contribution in [1.82, 2.24) is 14.8 Å². The molecule has 2 aromatic carbocycles. The van der Waals surface area contributed by atoms with Crippen LogP contribution in [0.25, 0.3) is 10.9 Å². The van der Waals surface area contributed by atoms with E-state index < -0.39 is 29.3 Å². The van der Waals surface area contributed by atoms with Crippen LogP contribution >= 0.6 is 0 Å². The number of benzene rings is 2. The largest absolute Gasteiger partial charge is 0.366 e. The maximum Gasteiger partial charge on any atom is 0.274 e. The predicted octanol–water partition coefficient (Wildman–Crippen LogP) is 3.86. The summed E-state index contributed by atoms with van der Waals surface area (Å²) in [5.41, 5.74) is 6.74. The number of primary amides is 1. The monoisotopic (exact) mass is 453 g/mol. The van der Waals surface area contributed by atoms with Crippen LogP contribution in [-0.4, -0.2) is 26.6 Å². The molecule has 0 atom stereocenters. The van der Waals surface area contributed by atoms with Gasteiger partial charge in [-0.25, -0.2) is 18.2 Å². The molecule has 0 aliphatic heterocycles. The first-order chi connectivity index (χ1) is 15.7. The topological polar surface area (TPSA) is 103 Å². The zero-order chi connectivity index (χ0) is 23.9. The van der Waals surface area contributed by atoms with Crippen molar-refractivity contribution in [1.29, 1.82) is 0 Å². The van der Waals surface area contributed by atoms with Crippen LogP contribution in [0.3, 0.4) is 0 Å². The van der Waals surface area contributed by atoms with Gasteiger partial charge in [-0.1, -0.05) is 12.1 Å². The Hall–Kier alpha value is -4.21. The molecule has 3 N–H and O–H groups in total. The third kappa shape index (κ3) is 4.14. The van der Waals surface area contributed by atoms with Crippen LogP contribution in [0.2, 0.25) is 0 Å². The van der Waals surface area contributed by atoms with E-state index in [1.807, 2.05) is 0 Å². The van der Waals surface area contributed by atoms with Gasteiger partial charge in [-0.15, -0.1) is 0 Å². The molecule has 0 saturated carbocycles. The molecular formula is C23H18F3N5O2. The molecule has 33 heavy (non-hydrogen) atoms. The summed E-state index contributed by atoms with van der Waals surface area (Å²) < 4.78 is 42.9. The fourth-order valence-corrected chi connectivity index (χ4v) is 3.57. The van der Waals surface area contributed by atoms with Crippen LogP contribution < -0.4 is 11.1 Å². The molecule has 2 aromatic heterocycles. The number of carbonyl (C=O) groups is 2. The standard InChI is InChI=1S/C23H18F3N5O2/c1-11-21(12(2)31(30-11)10-13-6-7-14(24)8-17(13)26)29-23(33)19-9-15(22(27)32)20-16(25)4-3-5-18(20)28-19/h3-9H,10H2,1-2H3,(H2,27,32)(H,29,33). The SMILES string of the molecule is Cc1nn(Cc2ccc(F)cc2F)c(C)c1NC(=O)c1cc(C(N)=O)c2c(F)cccc2n1. The van der Waals surface area contributed by atoms with E-state index in [9.17, 15) is 22.8 Å². The summed E-state index contributed by atoms with van der Waals surface area (Å²) in [6, 6.07) is 8.43. The number of nitrogens with two attached hydrogens (primary N) is 1. The van der Waals surface area contributed by atoms with Crippen molar-refractivity contribution in [2.75, 3.05) is 5.32 Å². The summed E-state index contributed by atoms with van der Waals surface area (Å²) >= 11 is 0. The minimum atomic E-state index is -0.900. The fraction of sp³-hybridized carbons (Fsp3) is 0.130. The zero-order valence-corrected chi connectivity index (χ0v) is 17.6. The summed E-state index contributed by atoms with van der Waals surface area (Å²) in [6.07, 6.45) is 0. The van der Waals surface area contributed by atoms with Crippen LogP contribution in [0.4, 0.5) is 18.9 Å². The van der Waals surface area contributed by atoms with E-state index in [1.54, 1.807) is 13.8 Å². The molecule has 0 aliphatic carbocycles. The maximum atomic E-state index is 14.2. The first kappa shape index (κ1) is 22.0. The number of halogens is 3. The number of carbonyl (C=O) groups excluding carboxylic acids is 2. The first-order valence-electron chi connectivity index (χ1n) is 9.84. The highest BCUT2D eigenvalue weighted by Crippen LogP contribution is 2.24. The first-order valence-corrected chi connectivity index (χ1v) is 9.84. The van der Waals surface area contributed by atoms with Crippen molar-refractivity contribution in [2.45, 2.75) is 20.4 Å². The number of hydrogen-bond donors (Lipinski definition) is 2. The van der Waals surface area contributed by atoms with Gasteiger partial charge in [-0.3, -0.25) is 14.3 Å². The van der Waals surface area contributed by atoms with E-state index in [4.69, 9.17) is 5.73 Å². The maximum absolute atomic E-state index is 14.2. The lowest BCUT2D eigenvalue weighted by Gasteiger charge is -2.10. The van der Waals surface area contributed by atoms with Crippen LogP contribution in [0, 0.1) is 31.3 Å². The number of fused-ring (bicyclic) bond motifs is 1. The molecule has 2 amide bonds. The Morgan fingerprint density at radius 3 is 2.52 bits per heavy atom. The van der Waals surface area contributed by atoms with Gasteiger partial charge in [0.15, 0.2) is 0 Å². The van der Waals surface area contributed by atoms with Crippen molar-refractivity contribution in [2.24, 2.45) is 5.73 Å². The number of rotatable bonds is 5.